The van der Waals surface area contributed by atoms with Gasteiger partial charge in [0.05, 0.1) is 9.90 Å². The first-order chi connectivity index (χ1) is 11.5. The van der Waals surface area contributed by atoms with Crippen LogP contribution in [0.3, 0.4) is 0 Å². The molecule has 2 heterocycles. The third-order valence-electron chi connectivity index (χ3n) is 3.69. The lowest BCUT2D eigenvalue weighted by molar-refractivity contribution is 0.0686. The molecule has 0 atom stereocenters. The van der Waals surface area contributed by atoms with E-state index in [-0.39, 0.29) is 16.8 Å². The van der Waals surface area contributed by atoms with Crippen molar-refractivity contribution in [2.45, 2.75) is 0 Å². The van der Waals surface area contributed by atoms with Gasteiger partial charge in [0, 0.05) is 12.6 Å². The number of nitriles is 1. The van der Waals surface area contributed by atoms with Gasteiger partial charge >= 0.3 is 5.97 Å². The van der Waals surface area contributed by atoms with Crippen LogP contribution in [0.1, 0.15) is 16.1 Å². The average Bonchev–Trinajstić information content (AvgIpc) is 3.09. The molecule has 3 rings (SSSR count). The van der Waals surface area contributed by atoms with Crippen molar-refractivity contribution in [3.63, 3.8) is 0 Å². The highest BCUT2D eigenvalue weighted by molar-refractivity contribution is 7.14. The fraction of sp³-hybridized carbons (Fsp3) is 0.0588. The number of benzene rings is 1. The van der Waals surface area contributed by atoms with Crippen molar-refractivity contribution < 1.29 is 14.3 Å². The number of carbonyl (C=O) groups is 1. The number of aromatic nitrogens is 1. The average molecular weight is 361 g/mol. The highest BCUT2D eigenvalue weighted by Crippen LogP contribution is 2.36. The number of aromatic carboxylic acids is 1. The Labute approximate surface area is 146 Å². The molecule has 0 saturated heterocycles. The molecule has 24 heavy (non-hydrogen) atoms. The molecule has 3 aromatic rings. The van der Waals surface area contributed by atoms with E-state index in [1.165, 1.54) is 18.4 Å². The molecule has 4 nitrogen and oxygen atoms in total. The molecule has 1 aromatic carbocycles. The topological polar surface area (TPSA) is 66.0 Å². The van der Waals surface area contributed by atoms with Crippen molar-refractivity contribution in [1.82, 2.24) is 4.57 Å². The van der Waals surface area contributed by atoms with Crippen LogP contribution in [-0.4, -0.2) is 15.6 Å². The maximum Gasteiger partial charge on any atom is 0.353 e. The summed E-state index contributed by atoms with van der Waals surface area (Å²) in [6.45, 7) is 0. The second kappa shape index (κ2) is 6.11. The van der Waals surface area contributed by atoms with E-state index in [2.05, 4.69) is 0 Å². The second-order valence-electron chi connectivity index (χ2n) is 5.04. The molecule has 0 aliphatic carbocycles. The number of hydrogen-bond donors (Lipinski definition) is 1. The summed E-state index contributed by atoms with van der Waals surface area (Å²) in [6.07, 6.45) is 0. The number of thiophene rings is 1. The van der Waals surface area contributed by atoms with E-state index in [0.717, 1.165) is 15.0 Å². The number of halogens is 2. The third-order valence-corrected chi connectivity index (χ3v) is 5.08. The van der Waals surface area contributed by atoms with Gasteiger partial charge in [-0.05, 0) is 22.6 Å². The summed E-state index contributed by atoms with van der Waals surface area (Å²) in [7, 11) is 1.28. The van der Waals surface area contributed by atoms with E-state index < -0.39 is 11.9 Å². The summed E-state index contributed by atoms with van der Waals surface area (Å²) in [4.78, 5) is 12.4. The standard InChI is InChI=1S/C17H10ClFN2O2S/c1-21-14(17(22)23)13(11(8-20)16(21)19)9-2-4-10(5-3-9)15-12(18)6-7-24-15/h2-7H,1H3,(H,22,23). The maximum absolute atomic E-state index is 14.1. The van der Waals surface area contributed by atoms with Gasteiger partial charge in [-0.2, -0.15) is 9.65 Å². The molecule has 0 saturated carbocycles. The van der Waals surface area contributed by atoms with Gasteiger partial charge in [-0.3, -0.25) is 0 Å². The predicted molar refractivity (Wildman–Crippen MR) is 90.8 cm³/mol. The maximum atomic E-state index is 14.1. The van der Waals surface area contributed by atoms with Gasteiger partial charge in [0.25, 0.3) is 0 Å². The molecule has 0 aliphatic heterocycles. The zero-order chi connectivity index (χ0) is 17.4. The highest BCUT2D eigenvalue weighted by atomic mass is 35.5. The zero-order valence-electron chi connectivity index (χ0n) is 12.4. The van der Waals surface area contributed by atoms with E-state index >= 15 is 0 Å². The van der Waals surface area contributed by atoms with Crippen LogP contribution in [0, 0.1) is 17.3 Å². The van der Waals surface area contributed by atoms with E-state index in [1.807, 2.05) is 5.38 Å². The lowest BCUT2D eigenvalue weighted by atomic mass is 10.00. The Morgan fingerprint density at radius 1 is 1.29 bits per heavy atom. The van der Waals surface area contributed by atoms with E-state index in [0.29, 0.717) is 10.6 Å². The summed E-state index contributed by atoms with van der Waals surface area (Å²) in [5, 5.41) is 21.1. The Morgan fingerprint density at radius 3 is 2.42 bits per heavy atom. The van der Waals surface area contributed by atoms with E-state index in [1.54, 1.807) is 36.4 Å². The Kier molecular flexibility index (Phi) is 4.14. The molecular weight excluding hydrogens is 351 g/mol. The van der Waals surface area contributed by atoms with Gasteiger partial charge in [-0.15, -0.1) is 11.3 Å². The van der Waals surface area contributed by atoms with Gasteiger partial charge in [-0.25, -0.2) is 4.79 Å². The minimum Gasteiger partial charge on any atom is -0.477 e. The van der Waals surface area contributed by atoms with Crippen LogP contribution in [-0.2, 0) is 7.05 Å². The minimum atomic E-state index is -1.29. The summed E-state index contributed by atoms with van der Waals surface area (Å²) in [6, 6.07) is 10.4. The largest absolute Gasteiger partial charge is 0.477 e. The van der Waals surface area contributed by atoms with Gasteiger partial charge < -0.3 is 9.67 Å². The van der Waals surface area contributed by atoms with E-state index in [9.17, 15) is 19.6 Å². The molecule has 0 spiro atoms. The normalized spacial score (nSPS) is 10.6. The van der Waals surface area contributed by atoms with Crippen LogP contribution in [0.25, 0.3) is 21.6 Å². The Hall–Kier alpha value is -2.62. The quantitative estimate of drug-likeness (QED) is 0.730. The molecule has 0 radical (unpaired) electrons. The van der Waals surface area contributed by atoms with Gasteiger partial charge in [-0.1, -0.05) is 35.9 Å². The van der Waals surface area contributed by atoms with Crippen molar-refractivity contribution in [1.29, 1.82) is 5.26 Å². The molecule has 0 amide bonds. The smallest absolute Gasteiger partial charge is 0.353 e. The fourth-order valence-corrected chi connectivity index (χ4v) is 3.75. The first kappa shape index (κ1) is 16.2. The lowest BCUT2D eigenvalue weighted by Crippen LogP contribution is -2.07. The number of carboxylic acid groups (broad SMARTS) is 1. The third kappa shape index (κ3) is 2.48. The van der Waals surface area contributed by atoms with Gasteiger partial charge in [0.1, 0.15) is 17.3 Å². The Balaban J connectivity index is 2.17. The van der Waals surface area contributed by atoms with Crippen molar-refractivity contribution in [2.24, 2.45) is 7.05 Å². The number of nitrogens with zero attached hydrogens (tertiary/aromatic N) is 2. The molecule has 0 fully saturated rings. The van der Waals surface area contributed by atoms with Crippen molar-refractivity contribution >= 4 is 28.9 Å². The van der Waals surface area contributed by atoms with Gasteiger partial charge in [0.2, 0.25) is 5.95 Å². The predicted octanol–water partition coefficient (Wildman–Crippen LogP) is 4.78. The fourth-order valence-electron chi connectivity index (χ4n) is 2.58. The molecule has 2 aromatic heterocycles. The summed E-state index contributed by atoms with van der Waals surface area (Å²) in [5.41, 5.74) is 0.863. The van der Waals surface area contributed by atoms with Gasteiger partial charge in [0.15, 0.2) is 0 Å². The molecule has 0 unspecified atom stereocenters. The first-order valence-electron chi connectivity index (χ1n) is 6.81. The summed E-state index contributed by atoms with van der Waals surface area (Å²) >= 11 is 7.59. The van der Waals surface area contributed by atoms with Crippen LogP contribution < -0.4 is 0 Å². The monoisotopic (exact) mass is 360 g/mol. The van der Waals surface area contributed by atoms with Crippen molar-refractivity contribution in [3.05, 3.63) is 57.9 Å². The Bertz CT molecular complexity index is 983. The molecular formula is C17H10ClFN2O2S. The van der Waals surface area contributed by atoms with E-state index in [4.69, 9.17) is 11.6 Å². The number of hydrogen-bond acceptors (Lipinski definition) is 3. The molecule has 120 valence electrons. The zero-order valence-corrected chi connectivity index (χ0v) is 14.0. The summed E-state index contributed by atoms with van der Waals surface area (Å²) in [5.74, 6) is -2.16. The lowest BCUT2D eigenvalue weighted by Gasteiger charge is -2.05. The number of rotatable bonds is 3. The number of carboxylic acids is 1. The van der Waals surface area contributed by atoms with Crippen molar-refractivity contribution in [3.8, 4) is 27.6 Å². The Morgan fingerprint density at radius 2 is 1.92 bits per heavy atom. The molecule has 0 aliphatic rings. The first-order valence-corrected chi connectivity index (χ1v) is 8.06. The highest BCUT2D eigenvalue weighted by Gasteiger charge is 2.26. The minimum absolute atomic E-state index is 0.0776. The molecule has 0 bridgehead atoms. The second-order valence-corrected chi connectivity index (χ2v) is 6.36. The van der Waals surface area contributed by atoms with Crippen LogP contribution in [0.2, 0.25) is 5.02 Å². The molecule has 7 heteroatoms. The van der Waals surface area contributed by atoms with Crippen LogP contribution in [0.5, 0.6) is 0 Å². The van der Waals surface area contributed by atoms with Crippen LogP contribution >= 0.6 is 22.9 Å². The van der Waals surface area contributed by atoms with Crippen molar-refractivity contribution in [2.75, 3.05) is 0 Å². The summed E-state index contributed by atoms with van der Waals surface area (Å²) < 4.78 is 15.0. The van der Waals surface area contributed by atoms with Crippen LogP contribution in [0.4, 0.5) is 4.39 Å². The molecule has 1 N–H and O–H groups in total. The van der Waals surface area contributed by atoms with Crippen LogP contribution in [0.15, 0.2) is 35.7 Å². The SMILES string of the molecule is Cn1c(F)c(C#N)c(-c2ccc(-c3sccc3Cl)cc2)c1C(=O)O.